The molecule has 0 unspecified atom stereocenters. The van der Waals surface area contributed by atoms with Crippen molar-refractivity contribution in [1.82, 2.24) is 10.2 Å². The van der Waals surface area contributed by atoms with Gasteiger partial charge in [0.25, 0.3) is 0 Å². The maximum absolute atomic E-state index is 13.4. The van der Waals surface area contributed by atoms with Gasteiger partial charge in [0.05, 0.1) is 17.5 Å². The molecule has 2 atom stereocenters. The summed E-state index contributed by atoms with van der Waals surface area (Å²) in [5.74, 6) is -0.474. The van der Waals surface area contributed by atoms with Crippen LogP contribution in [0.1, 0.15) is 21.6 Å². The van der Waals surface area contributed by atoms with E-state index in [1.54, 1.807) is 17.4 Å². The van der Waals surface area contributed by atoms with Crippen LogP contribution in [0.4, 0.5) is 18.9 Å². The van der Waals surface area contributed by atoms with E-state index in [0.29, 0.717) is 25.1 Å². The number of rotatable bonds is 7. The van der Waals surface area contributed by atoms with E-state index in [1.165, 1.54) is 22.6 Å². The Hall–Kier alpha value is -2.84. The standard InChI is InChI=1S/C28H30F3N3OS/c29-28(30,31)22-8-9-25-21(17-22)18-24(27(35)32-12-10-23-7-4-16-36-23)26-19-33(14-15-34(25)26)13-11-20-5-2-1-3-6-20/h1-9,16-17,24,26H,10-15,18-19H2,(H,32,35)/t24-,26+/m0/s1. The molecule has 2 aromatic carbocycles. The van der Waals surface area contributed by atoms with E-state index in [1.807, 2.05) is 35.7 Å². The van der Waals surface area contributed by atoms with Gasteiger partial charge >= 0.3 is 6.18 Å². The number of hydrogen-bond donors (Lipinski definition) is 1. The highest BCUT2D eigenvalue weighted by atomic mass is 32.1. The lowest BCUT2D eigenvalue weighted by Gasteiger charge is -2.49. The number of fused-ring (bicyclic) bond motifs is 3. The van der Waals surface area contributed by atoms with Crippen molar-refractivity contribution in [3.05, 3.63) is 87.6 Å². The summed E-state index contributed by atoms with van der Waals surface area (Å²) >= 11 is 1.65. The fourth-order valence-corrected chi connectivity index (χ4v) is 6.10. The van der Waals surface area contributed by atoms with E-state index in [0.717, 1.165) is 38.2 Å². The second-order valence-electron chi connectivity index (χ2n) is 9.57. The third kappa shape index (κ3) is 5.60. The topological polar surface area (TPSA) is 35.6 Å². The smallest absolute Gasteiger partial charge is 0.365 e. The summed E-state index contributed by atoms with van der Waals surface area (Å²) in [4.78, 5) is 19.1. The zero-order chi connectivity index (χ0) is 25.1. The molecule has 36 heavy (non-hydrogen) atoms. The minimum Gasteiger partial charge on any atom is -0.365 e. The van der Waals surface area contributed by atoms with Crippen molar-refractivity contribution in [3.8, 4) is 0 Å². The number of anilines is 1. The third-order valence-corrected chi connectivity index (χ3v) is 8.21. The maximum atomic E-state index is 13.4. The Morgan fingerprint density at radius 3 is 2.61 bits per heavy atom. The predicted molar refractivity (Wildman–Crippen MR) is 137 cm³/mol. The van der Waals surface area contributed by atoms with Gasteiger partial charge in [-0.2, -0.15) is 13.2 Å². The summed E-state index contributed by atoms with van der Waals surface area (Å²) in [6.45, 7) is 3.64. The normalized spacial score (nSPS) is 20.0. The van der Waals surface area contributed by atoms with Crippen molar-refractivity contribution in [2.45, 2.75) is 31.5 Å². The van der Waals surface area contributed by atoms with Gasteiger partial charge in [0.15, 0.2) is 0 Å². The van der Waals surface area contributed by atoms with Crippen LogP contribution in [-0.4, -0.2) is 49.6 Å². The first kappa shape index (κ1) is 24.8. The number of nitrogens with one attached hydrogen (secondary N) is 1. The van der Waals surface area contributed by atoms with E-state index in [-0.39, 0.29) is 11.9 Å². The summed E-state index contributed by atoms with van der Waals surface area (Å²) in [7, 11) is 0. The fraction of sp³-hybridized carbons (Fsp3) is 0.393. The molecular formula is C28H30F3N3OS. The van der Waals surface area contributed by atoms with E-state index in [2.05, 4.69) is 27.2 Å². The summed E-state index contributed by atoms with van der Waals surface area (Å²) in [6.07, 6.45) is -2.41. The Kier molecular flexibility index (Phi) is 7.34. The largest absolute Gasteiger partial charge is 0.416 e. The summed E-state index contributed by atoms with van der Waals surface area (Å²) in [6, 6.07) is 18.3. The van der Waals surface area contributed by atoms with Crippen LogP contribution in [0, 0.1) is 5.92 Å². The van der Waals surface area contributed by atoms with Crippen LogP contribution < -0.4 is 10.2 Å². The van der Waals surface area contributed by atoms with Crippen LogP contribution >= 0.6 is 11.3 Å². The van der Waals surface area contributed by atoms with Crippen molar-refractivity contribution >= 4 is 22.9 Å². The van der Waals surface area contributed by atoms with Crippen LogP contribution in [-0.2, 0) is 30.2 Å². The second-order valence-corrected chi connectivity index (χ2v) is 10.6. The molecule has 2 aliphatic heterocycles. The lowest BCUT2D eigenvalue weighted by molar-refractivity contribution is -0.137. The number of piperazine rings is 1. The van der Waals surface area contributed by atoms with E-state index >= 15 is 0 Å². The second kappa shape index (κ2) is 10.6. The molecule has 0 aliphatic carbocycles. The Morgan fingerprint density at radius 1 is 1.03 bits per heavy atom. The summed E-state index contributed by atoms with van der Waals surface area (Å²) in [5.41, 5.74) is 2.06. The van der Waals surface area contributed by atoms with Gasteiger partial charge < -0.3 is 10.2 Å². The van der Waals surface area contributed by atoms with Crippen LogP contribution in [0.2, 0.25) is 0 Å². The highest BCUT2D eigenvalue weighted by Crippen LogP contribution is 2.39. The van der Waals surface area contributed by atoms with E-state index in [9.17, 15) is 18.0 Å². The number of benzene rings is 2. The van der Waals surface area contributed by atoms with Crippen molar-refractivity contribution in [2.24, 2.45) is 5.92 Å². The van der Waals surface area contributed by atoms with Gasteiger partial charge in [-0.15, -0.1) is 11.3 Å². The van der Waals surface area contributed by atoms with Gasteiger partial charge in [0.1, 0.15) is 0 Å². The van der Waals surface area contributed by atoms with Gasteiger partial charge in [-0.3, -0.25) is 9.69 Å². The van der Waals surface area contributed by atoms with Crippen LogP contribution in [0.5, 0.6) is 0 Å². The lowest BCUT2D eigenvalue weighted by atomic mass is 9.82. The molecule has 3 aromatic rings. The van der Waals surface area contributed by atoms with Crippen molar-refractivity contribution < 1.29 is 18.0 Å². The summed E-state index contributed by atoms with van der Waals surface area (Å²) in [5, 5.41) is 5.08. The third-order valence-electron chi connectivity index (χ3n) is 7.27. The Balaban J connectivity index is 1.33. The Labute approximate surface area is 213 Å². The van der Waals surface area contributed by atoms with Crippen LogP contribution in [0.15, 0.2) is 66.0 Å². The molecule has 1 amide bonds. The molecule has 1 aromatic heterocycles. The number of thiophene rings is 1. The first-order chi connectivity index (χ1) is 17.4. The molecule has 5 rings (SSSR count). The number of halogens is 3. The van der Waals surface area contributed by atoms with Gasteiger partial charge in [0.2, 0.25) is 5.91 Å². The van der Waals surface area contributed by atoms with Crippen molar-refractivity contribution in [1.29, 1.82) is 0 Å². The first-order valence-electron chi connectivity index (χ1n) is 12.4. The zero-order valence-corrected chi connectivity index (χ0v) is 20.8. The minimum absolute atomic E-state index is 0.0690. The van der Waals surface area contributed by atoms with E-state index in [4.69, 9.17) is 0 Å². The number of nitrogens with zero attached hydrogens (tertiary/aromatic N) is 2. The molecule has 1 fully saturated rings. The Morgan fingerprint density at radius 2 is 1.86 bits per heavy atom. The number of hydrogen-bond acceptors (Lipinski definition) is 4. The van der Waals surface area contributed by atoms with Crippen LogP contribution in [0.25, 0.3) is 0 Å². The molecule has 1 N–H and O–H groups in total. The monoisotopic (exact) mass is 513 g/mol. The molecule has 0 bridgehead atoms. The first-order valence-corrected chi connectivity index (χ1v) is 13.3. The molecule has 8 heteroatoms. The molecule has 190 valence electrons. The molecule has 4 nitrogen and oxygen atoms in total. The zero-order valence-electron chi connectivity index (χ0n) is 20.0. The highest BCUT2D eigenvalue weighted by molar-refractivity contribution is 7.09. The average molecular weight is 514 g/mol. The van der Waals surface area contributed by atoms with Crippen LogP contribution in [0.3, 0.4) is 0 Å². The van der Waals surface area contributed by atoms with Gasteiger partial charge in [0, 0.05) is 43.3 Å². The highest BCUT2D eigenvalue weighted by Gasteiger charge is 2.42. The lowest BCUT2D eigenvalue weighted by Crippen LogP contribution is -2.61. The predicted octanol–water partition coefficient (Wildman–Crippen LogP) is 5.03. The maximum Gasteiger partial charge on any atom is 0.416 e. The van der Waals surface area contributed by atoms with Gasteiger partial charge in [-0.05, 0) is 60.0 Å². The number of carbonyl (C=O) groups is 1. The molecule has 3 heterocycles. The molecule has 0 saturated carbocycles. The average Bonchev–Trinajstić information content (AvgIpc) is 3.40. The van der Waals surface area contributed by atoms with Gasteiger partial charge in [-0.25, -0.2) is 0 Å². The van der Waals surface area contributed by atoms with Crippen molar-refractivity contribution in [3.63, 3.8) is 0 Å². The number of alkyl halides is 3. The SMILES string of the molecule is O=C(NCCc1cccs1)[C@H]1Cc2cc(C(F)(F)F)ccc2N2CCN(CCc3ccccc3)C[C@H]12. The molecule has 1 saturated heterocycles. The molecule has 0 spiro atoms. The molecule has 2 aliphatic rings. The van der Waals surface area contributed by atoms with E-state index < -0.39 is 17.7 Å². The number of carbonyl (C=O) groups excluding carboxylic acids is 1. The number of amides is 1. The quantitative estimate of drug-likeness (QED) is 0.481. The molecular weight excluding hydrogens is 483 g/mol. The van der Waals surface area contributed by atoms with Gasteiger partial charge in [-0.1, -0.05) is 36.4 Å². The minimum atomic E-state index is -4.40. The fourth-order valence-electron chi connectivity index (χ4n) is 5.39. The summed E-state index contributed by atoms with van der Waals surface area (Å²) < 4.78 is 40.3. The van der Waals surface area contributed by atoms with Crippen molar-refractivity contribution in [2.75, 3.05) is 37.6 Å². The Bertz CT molecular complexity index is 1170. The molecule has 0 radical (unpaired) electrons.